The highest BCUT2D eigenvalue weighted by molar-refractivity contribution is 5.92. The van der Waals surface area contributed by atoms with Crippen LogP contribution in [0.25, 0.3) is 0 Å². The molecule has 0 atom stereocenters. The fraction of sp³-hybridized carbons (Fsp3) is 0.333. The van der Waals surface area contributed by atoms with Gasteiger partial charge in [-0.3, -0.25) is 9.59 Å². The van der Waals surface area contributed by atoms with Crippen LogP contribution in [0.1, 0.15) is 44.2 Å². The Morgan fingerprint density at radius 1 is 0.800 bits per heavy atom. The van der Waals surface area contributed by atoms with Crippen molar-refractivity contribution in [1.82, 2.24) is 0 Å². The van der Waals surface area contributed by atoms with Gasteiger partial charge in [0, 0.05) is 18.3 Å². The van der Waals surface area contributed by atoms with Crippen LogP contribution < -0.4 is 10.6 Å². The third-order valence-electron chi connectivity index (χ3n) is 3.95. The molecule has 0 bridgehead atoms. The molecule has 2 aromatic rings. The molecule has 2 amide bonds. The molecule has 0 fully saturated rings. The summed E-state index contributed by atoms with van der Waals surface area (Å²) in [6.45, 7) is 3.67. The Morgan fingerprint density at radius 2 is 1.36 bits per heavy atom. The number of anilines is 2. The maximum atomic E-state index is 12.2. The monoisotopic (exact) mass is 338 g/mol. The number of hydrogen-bond donors (Lipinski definition) is 2. The third kappa shape index (κ3) is 6.79. The average molecular weight is 338 g/mol. The minimum absolute atomic E-state index is 0.0500. The minimum Gasteiger partial charge on any atom is -0.326 e. The summed E-state index contributed by atoms with van der Waals surface area (Å²) in [6, 6.07) is 15.4. The Hall–Kier alpha value is -2.62. The molecule has 0 heterocycles. The first-order valence-corrected chi connectivity index (χ1v) is 8.82. The van der Waals surface area contributed by atoms with Gasteiger partial charge in [-0.15, -0.1) is 0 Å². The molecule has 0 saturated carbocycles. The van der Waals surface area contributed by atoms with E-state index in [0.717, 1.165) is 23.4 Å². The van der Waals surface area contributed by atoms with E-state index in [2.05, 4.69) is 29.7 Å². The molecule has 2 rings (SSSR count). The van der Waals surface area contributed by atoms with Crippen molar-refractivity contribution in [1.29, 1.82) is 0 Å². The van der Waals surface area contributed by atoms with E-state index in [0.29, 0.717) is 6.42 Å². The van der Waals surface area contributed by atoms with Crippen LogP contribution in [0, 0.1) is 0 Å². The summed E-state index contributed by atoms with van der Waals surface area (Å²) in [7, 11) is 0. The Balaban J connectivity index is 1.84. The van der Waals surface area contributed by atoms with Gasteiger partial charge in [-0.05, 0) is 48.2 Å². The quantitative estimate of drug-likeness (QED) is 0.693. The second kappa shape index (κ2) is 9.62. The lowest BCUT2D eigenvalue weighted by molar-refractivity contribution is -0.116. The van der Waals surface area contributed by atoms with Crippen molar-refractivity contribution >= 4 is 23.2 Å². The number of carbonyl (C=O) groups is 2. The number of rotatable bonds is 8. The summed E-state index contributed by atoms with van der Waals surface area (Å²) < 4.78 is 0. The molecule has 0 spiro atoms. The van der Waals surface area contributed by atoms with Gasteiger partial charge in [0.15, 0.2) is 0 Å². The normalized spacial score (nSPS) is 10.3. The lowest BCUT2D eigenvalue weighted by atomic mass is 10.1. The average Bonchev–Trinajstić information content (AvgIpc) is 2.58. The Morgan fingerprint density at radius 3 is 1.92 bits per heavy atom. The number of unbranched alkanes of at least 4 members (excludes halogenated alkanes) is 2. The van der Waals surface area contributed by atoms with E-state index < -0.39 is 0 Å². The summed E-state index contributed by atoms with van der Waals surface area (Å²) >= 11 is 0. The number of amides is 2. The van der Waals surface area contributed by atoms with Crippen molar-refractivity contribution in [2.45, 2.75) is 46.0 Å². The fourth-order valence-corrected chi connectivity index (χ4v) is 2.63. The molecule has 0 saturated heterocycles. The van der Waals surface area contributed by atoms with Crippen LogP contribution in [0.2, 0.25) is 0 Å². The molecule has 4 heteroatoms. The molecule has 25 heavy (non-hydrogen) atoms. The summed E-state index contributed by atoms with van der Waals surface area (Å²) in [4.78, 5) is 23.2. The highest BCUT2D eigenvalue weighted by Crippen LogP contribution is 2.14. The summed E-state index contributed by atoms with van der Waals surface area (Å²) in [5.74, 6) is -0.158. The molecule has 132 valence electrons. The Bertz CT molecular complexity index is 691. The van der Waals surface area contributed by atoms with Crippen LogP contribution >= 0.6 is 0 Å². The molecular formula is C21H26N2O2. The van der Waals surface area contributed by atoms with E-state index in [9.17, 15) is 9.59 Å². The van der Waals surface area contributed by atoms with Crippen molar-refractivity contribution in [3.05, 3.63) is 59.7 Å². The second-order valence-electron chi connectivity index (χ2n) is 6.26. The van der Waals surface area contributed by atoms with E-state index in [1.165, 1.54) is 31.7 Å². The highest BCUT2D eigenvalue weighted by Gasteiger charge is 2.05. The van der Waals surface area contributed by atoms with Crippen molar-refractivity contribution in [2.24, 2.45) is 0 Å². The first kappa shape index (κ1) is 18.7. The van der Waals surface area contributed by atoms with E-state index >= 15 is 0 Å². The Kier molecular flexibility index (Phi) is 7.20. The molecule has 0 aromatic heterocycles. The van der Waals surface area contributed by atoms with E-state index in [-0.39, 0.29) is 11.8 Å². The molecule has 0 radical (unpaired) electrons. The zero-order chi connectivity index (χ0) is 18.1. The van der Waals surface area contributed by atoms with Gasteiger partial charge >= 0.3 is 0 Å². The first-order valence-electron chi connectivity index (χ1n) is 8.82. The summed E-state index contributed by atoms with van der Waals surface area (Å²) in [6.07, 6.45) is 5.07. The van der Waals surface area contributed by atoms with E-state index in [4.69, 9.17) is 0 Å². The van der Waals surface area contributed by atoms with Crippen LogP contribution in [-0.2, 0) is 22.4 Å². The highest BCUT2D eigenvalue weighted by atomic mass is 16.2. The lowest BCUT2D eigenvalue weighted by Crippen LogP contribution is -2.14. The number of benzene rings is 2. The van der Waals surface area contributed by atoms with Crippen molar-refractivity contribution < 1.29 is 9.59 Å². The number of hydrogen-bond acceptors (Lipinski definition) is 2. The predicted molar refractivity (Wildman–Crippen MR) is 103 cm³/mol. The molecule has 0 unspecified atom stereocenters. The van der Waals surface area contributed by atoms with E-state index in [1.807, 2.05) is 24.3 Å². The number of nitrogens with one attached hydrogen (secondary N) is 2. The molecule has 4 nitrogen and oxygen atoms in total. The zero-order valence-electron chi connectivity index (χ0n) is 15.0. The molecular weight excluding hydrogens is 312 g/mol. The van der Waals surface area contributed by atoms with Gasteiger partial charge < -0.3 is 10.6 Å². The van der Waals surface area contributed by atoms with Crippen LogP contribution in [-0.4, -0.2) is 11.8 Å². The molecule has 0 aliphatic rings. The van der Waals surface area contributed by atoms with Gasteiger partial charge in [0.05, 0.1) is 6.42 Å². The zero-order valence-corrected chi connectivity index (χ0v) is 15.0. The summed E-state index contributed by atoms with van der Waals surface area (Å²) in [5.41, 5.74) is 3.76. The number of carbonyl (C=O) groups excluding carboxylic acids is 2. The van der Waals surface area contributed by atoms with Gasteiger partial charge in [0.2, 0.25) is 11.8 Å². The maximum absolute atomic E-state index is 12.2. The predicted octanol–water partition coefficient (Wildman–Crippen LogP) is 4.56. The topological polar surface area (TPSA) is 58.2 Å². The maximum Gasteiger partial charge on any atom is 0.228 e. The smallest absolute Gasteiger partial charge is 0.228 e. The molecule has 0 aliphatic carbocycles. The van der Waals surface area contributed by atoms with Crippen molar-refractivity contribution in [3.8, 4) is 0 Å². The van der Waals surface area contributed by atoms with Gasteiger partial charge in [-0.25, -0.2) is 0 Å². The van der Waals surface area contributed by atoms with Crippen LogP contribution in [0.3, 0.4) is 0 Å². The molecule has 2 N–H and O–H groups in total. The molecule has 2 aromatic carbocycles. The van der Waals surface area contributed by atoms with Gasteiger partial charge in [-0.1, -0.05) is 44.0 Å². The van der Waals surface area contributed by atoms with Crippen LogP contribution in [0.5, 0.6) is 0 Å². The van der Waals surface area contributed by atoms with Gasteiger partial charge in [0.1, 0.15) is 0 Å². The van der Waals surface area contributed by atoms with Crippen molar-refractivity contribution in [2.75, 3.05) is 10.6 Å². The van der Waals surface area contributed by atoms with Crippen molar-refractivity contribution in [3.63, 3.8) is 0 Å². The SMILES string of the molecule is CCCCCc1ccc(NC(=O)Cc2ccc(NC(C)=O)cc2)cc1. The third-order valence-corrected chi connectivity index (χ3v) is 3.95. The summed E-state index contributed by atoms with van der Waals surface area (Å²) in [5, 5.41) is 5.63. The van der Waals surface area contributed by atoms with E-state index in [1.54, 1.807) is 12.1 Å². The standard InChI is InChI=1S/C21H26N2O2/c1-3-4-5-6-17-7-11-20(12-8-17)23-21(25)15-18-9-13-19(14-10-18)22-16(2)24/h7-14H,3-6,15H2,1-2H3,(H,22,24)(H,23,25). The van der Waals surface area contributed by atoms with Crippen LogP contribution in [0.4, 0.5) is 11.4 Å². The second-order valence-corrected chi connectivity index (χ2v) is 6.26. The lowest BCUT2D eigenvalue weighted by Gasteiger charge is -2.08. The van der Waals surface area contributed by atoms with Crippen LogP contribution in [0.15, 0.2) is 48.5 Å². The largest absolute Gasteiger partial charge is 0.326 e. The first-order chi connectivity index (χ1) is 12.1. The van der Waals surface area contributed by atoms with Gasteiger partial charge in [0.25, 0.3) is 0 Å². The van der Waals surface area contributed by atoms with Gasteiger partial charge in [-0.2, -0.15) is 0 Å². The molecule has 0 aliphatic heterocycles. The number of aryl methyl sites for hydroxylation is 1. The Labute approximate surface area is 149 Å². The fourth-order valence-electron chi connectivity index (χ4n) is 2.63. The minimum atomic E-state index is -0.108.